The molecule has 1 aromatic rings. The fourth-order valence-electron chi connectivity index (χ4n) is 3.80. The maximum absolute atomic E-state index is 12.4. The minimum atomic E-state index is -0.537. The number of nitrogens with zero attached hydrogens (tertiary/aromatic N) is 1. The summed E-state index contributed by atoms with van der Waals surface area (Å²) < 4.78 is 15.8. The first kappa shape index (κ1) is 17.5. The Labute approximate surface area is 147 Å². The van der Waals surface area contributed by atoms with Crippen molar-refractivity contribution in [3.63, 3.8) is 0 Å². The summed E-state index contributed by atoms with van der Waals surface area (Å²) in [4.78, 5) is 19.1. The molecule has 3 rings (SSSR count). The summed E-state index contributed by atoms with van der Waals surface area (Å²) in [5, 5.41) is 4.13. The second-order valence-corrected chi connectivity index (χ2v) is 6.57. The summed E-state index contributed by atoms with van der Waals surface area (Å²) in [6.07, 6.45) is 4.22. The Morgan fingerprint density at radius 2 is 1.60 bits per heavy atom. The van der Waals surface area contributed by atoms with Gasteiger partial charge in [0.25, 0.3) is 0 Å². The normalized spacial score (nSPS) is 24.6. The molecule has 2 bridgehead atoms. The van der Waals surface area contributed by atoms with Crippen LogP contribution in [-0.2, 0) is 4.84 Å². The van der Waals surface area contributed by atoms with Crippen LogP contribution in [0.25, 0.3) is 0 Å². The number of rotatable bonds is 5. The van der Waals surface area contributed by atoms with E-state index in [2.05, 4.69) is 12.2 Å². The number of piperidine rings is 1. The maximum atomic E-state index is 12.4. The number of benzene rings is 1. The molecule has 0 amide bonds. The van der Waals surface area contributed by atoms with Gasteiger partial charge in [-0.05, 0) is 12.1 Å². The van der Waals surface area contributed by atoms with Gasteiger partial charge in [-0.25, -0.2) is 4.79 Å². The van der Waals surface area contributed by atoms with Crippen LogP contribution in [0.3, 0.4) is 0 Å². The highest BCUT2D eigenvalue weighted by Crippen LogP contribution is 2.38. The molecule has 0 radical (unpaired) electrons. The number of fused-ring (bicyclic) bond motifs is 2. The smallest absolute Gasteiger partial charge is 0.365 e. The number of hydrogen-bond donors (Lipinski definition) is 1. The molecule has 2 heterocycles. The topological polar surface area (TPSA) is 70.8 Å². The number of nitrogens with one attached hydrogen (secondary N) is 1. The summed E-state index contributed by atoms with van der Waals surface area (Å²) in [7, 11) is 6.76. The Kier molecular flexibility index (Phi) is 5.13. The monoisotopic (exact) mass is 349 g/mol. The SMILES string of the molecule is COc1cc(C(=O)ON=C2C[C@H]3CC[C@H](C2)[NH+]3C)cc(OC)c1OC. The van der Waals surface area contributed by atoms with Crippen molar-refractivity contribution in [2.75, 3.05) is 28.4 Å². The van der Waals surface area contributed by atoms with E-state index in [-0.39, 0.29) is 0 Å². The molecule has 1 aromatic carbocycles. The fraction of sp³-hybridized carbons (Fsp3) is 0.556. The molecule has 2 aliphatic heterocycles. The third kappa shape index (κ3) is 3.42. The van der Waals surface area contributed by atoms with Crippen LogP contribution in [0, 0.1) is 0 Å². The van der Waals surface area contributed by atoms with Crippen LogP contribution in [0.4, 0.5) is 0 Å². The molecule has 0 aromatic heterocycles. The zero-order valence-electron chi connectivity index (χ0n) is 15.1. The van der Waals surface area contributed by atoms with Gasteiger partial charge in [-0.2, -0.15) is 0 Å². The van der Waals surface area contributed by atoms with Gasteiger partial charge in [0.1, 0.15) is 0 Å². The molecular formula is C18H25N2O5+. The Hall–Kier alpha value is -2.28. The summed E-state index contributed by atoms with van der Waals surface area (Å²) in [5.41, 5.74) is 1.28. The van der Waals surface area contributed by atoms with Gasteiger partial charge in [-0.15, -0.1) is 0 Å². The summed E-state index contributed by atoms with van der Waals surface area (Å²) in [5.74, 6) is 0.706. The van der Waals surface area contributed by atoms with Crippen molar-refractivity contribution in [1.29, 1.82) is 0 Å². The van der Waals surface area contributed by atoms with Crippen molar-refractivity contribution >= 4 is 11.7 Å². The van der Waals surface area contributed by atoms with Crippen molar-refractivity contribution in [3.05, 3.63) is 17.7 Å². The predicted molar refractivity (Wildman–Crippen MR) is 91.9 cm³/mol. The summed E-state index contributed by atoms with van der Waals surface area (Å²) >= 11 is 0. The molecule has 2 atom stereocenters. The van der Waals surface area contributed by atoms with Gasteiger partial charge in [-0.3, -0.25) is 0 Å². The molecule has 136 valence electrons. The van der Waals surface area contributed by atoms with Crippen LogP contribution in [0.2, 0.25) is 0 Å². The summed E-state index contributed by atoms with van der Waals surface area (Å²) in [6.45, 7) is 0. The van der Waals surface area contributed by atoms with Gasteiger partial charge in [0.2, 0.25) is 5.75 Å². The largest absolute Gasteiger partial charge is 0.493 e. The summed E-state index contributed by atoms with van der Waals surface area (Å²) in [6, 6.07) is 4.31. The third-order valence-electron chi connectivity index (χ3n) is 5.27. The van der Waals surface area contributed by atoms with Gasteiger partial charge in [0.15, 0.2) is 11.5 Å². The Balaban J connectivity index is 1.74. The predicted octanol–water partition coefficient (Wildman–Crippen LogP) is 1.06. The molecular weight excluding hydrogens is 324 g/mol. The molecule has 7 nitrogen and oxygen atoms in total. The Bertz CT molecular complexity index is 647. The molecule has 1 N–H and O–H groups in total. The van der Waals surface area contributed by atoms with E-state index < -0.39 is 5.97 Å². The lowest BCUT2D eigenvalue weighted by atomic mass is 10.0. The van der Waals surface area contributed by atoms with E-state index in [1.54, 1.807) is 17.0 Å². The lowest BCUT2D eigenvalue weighted by Gasteiger charge is -2.28. The lowest BCUT2D eigenvalue weighted by Crippen LogP contribution is -3.15. The minimum Gasteiger partial charge on any atom is -0.493 e. The van der Waals surface area contributed by atoms with Gasteiger partial charge >= 0.3 is 5.97 Å². The molecule has 0 saturated carbocycles. The van der Waals surface area contributed by atoms with E-state index in [0.717, 1.165) is 18.6 Å². The van der Waals surface area contributed by atoms with Crippen molar-refractivity contribution in [2.24, 2.45) is 5.16 Å². The number of carbonyl (C=O) groups is 1. The zero-order valence-corrected chi connectivity index (χ0v) is 15.1. The van der Waals surface area contributed by atoms with Crippen LogP contribution in [0.1, 0.15) is 36.0 Å². The average molecular weight is 349 g/mol. The van der Waals surface area contributed by atoms with E-state index in [0.29, 0.717) is 34.9 Å². The van der Waals surface area contributed by atoms with E-state index in [9.17, 15) is 4.79 Å². The van der Waals surface area contributed by atoms with Gasteiger partial charge in [0, 0.05) is 25.7 Å². The highest BCUT2D eigenvalue weighted by Gasteiger charge is 2.41. The van der Waals surface area contributed by atoms with Crippen LogP contribution in [0.15, 0.2) is 17.3 Å². The van der Waals surface area contributed by atoms with E-state index in [4.69, 9.17) is 19.0 Å². The van der Waals surface area contributed by atoms with E-state index >= 15 is 0 Å². The number of oxime groups is 1. The second-order valence-electron chi connectivity index (χ2n) is 6.57. The van der Waals surface area contributed by atoms with Crippen LogP contribution < -0.4 is 19.1 Å². The molecule has 2 saturated heterocycles. The standard InChI is InChI=1S/C18H24N2O5/c1-20-13-5-6-14(20)10-12(9-13)19-25-18(21)11-7-15(22-2)17(24-4)16(8-11)23-3/h7-8,13-14H,5-6,9-10H2,1-4H3/p+1/t13-,14-/m1/s1. The van der Waals surface area contributed by atoms with Crippen molar-refractivity contribution in [2.45, 2.75) is 37.8 Å². The van der Waals surface area contributed by atoms with Gasteiger partial charge < -0.3 is 23.9 Å². The van der Waals surface area contributed by atoms with Gasteiger partial charge in [0.05, 0.1) is 51.7 Å². The molecule has 7 heteroatoms. The number of methoxy groups -OCH3 is 3. The molecule has 2 fully saturated rings. The Morgan fingerprint density at radius 3 is 2.08 bits per heavy atom. The minimum absolute atomic E-state index is 0.306. The Morgan fingerprint density at radius 1 is 1.04 bits per heavy atom. The zero-order chi connectivity index (χ0) is 18.0. The highest BCUT2D eigenvalue weighted by molar-refractivity contribution is 5.92. The van der Waals surface area contributed by atoms with Crippen molar-refractivity contribution in [3.8, 4) is 17.2 Å². The molecule has 0 unspecified atom stereocenters. The van der Waals surface area contributed by atoms with Crippen molar-refractivity contribution < 1.29 is 28.7 Å². The lowest BCUT2D eigenvalue weighted by molar-refractivity contribution is -0.917. The molecule has 0 aliphatic carbocycles. The maximum Gasteiger partial charge on any atom is 0.365 e. The molecule has 2 aliphatic rings. The molecule has 25 heavy (non-hydrogen) atoms. The van der Waals surface area contributed by atoms with E-state index in [1.807, 2.05) is 0 Å². The average Bonchev–Trinajstić information content (AvgIpc) is 2.85. The number of carbonyl (C=O) groups excluding carboxylic acids is 1. The van der Waals surface area contributed by atoms with Crippen LogP contribution >= 0.6 is 0 Å². The van der Waals surface area contributed by atoms with Gasteiger partial charge in [-0.1, -0.05) is 5.16 Å². The fourth-order valence-corrected chi connectivity index (χ4v) is 3.80. The quantitative estimate of drug-likeness (QED) is 0.636. The third-order valence-corrected chi connectivity index (χ3v) is 5.27. The van der Waals surface area contributed by atoms with Crippen molar-refractivity contribution in [1.82, 2.24) is 0 Å². The first-order valence-corrected chi connectivity index (χ1v) is 8.47. The van der Waals surface area contributed by atoms with Crippen LogP contribution in [0.5, 0.6) is 17.2 Å². The second kappa shape index (κ2) is 7.31. The highest BCUT2D eigenvalue weighted by atomic mass is 16.7. The number of quaternary nitrogens is 1. The van der Waals surface area contributed by atoms with Crippen LogP contribution in [-0.4, -0.2) is 52.1 Å². The number of ether oxygens (including phenoxy) is 3. The number of hydrogen-bond acceptors (Lipinski definition) is 6. The molecule has 0 spiro atoms. The first-order valence-electron chi connectivity index (χ1n) is 8.47. The first-order chi connectivity index (χ1) is 12.1. The van der Waals surface area contributed by atoms with E-state index in [1.165, 1.54) is 34.2 Å².